The molecular formula is C8H5ClF3FeNO2. The number of alkyl halides is 3. The fourth-order valence-corrected chi connectivity index (χ4v) is 1.02. The van der Waals surface area contributed by atoms with E-state index in [2.05, 4.69) is 0 Å². The smallest absolute Gasteiger partial charge is 0.471 e. The summed E-state index contributed by atoms with van der Waals surface area (Å²) < 4.78 is 35.5. The molecule has 16 heavy (non-hydrogen) atoms. The van der Waals surface area contributed by atoms with E-state index in [1.807, 2.05) is 0 Å². The van der Waals surface area contributed by atoms with Gasteiger partial charge in [-0.3, -0.25) is 4.79 Å². The van der Waals surface area contributed by atoms with Gasteiger partial charge in [0.25, 0.3) is 0 Å². The van der Waals surface area contributed by atoms with E-state index in [1.165, 1.54) is 0 Å². The molecule has 0 saturated carbocycles. The molecule has 0 unspecified atom stereocenters. The van der Waals surface area contributed by atoms with Crippen molar-refractivity contribution in [3.63, 3.8) is 0 Å². The first-order valence-electron chi connectivity index (χ1n) is 3.67. The van der Waals surface area contributed by atoms with Crippen molar-refractivity contribution in [3.05, 3.63) is 23.2 Å². The summed E-state index contributed by atoms with van der Waals surface area (Å²) in [7, 11) is 0. The first-order valence-corrected chi connectivity index (χ1v) is 4.05. The summed E-state index contributed by atoms with van der Waals surface area (Å²) in [5.41, 5.74) is -0.211. The maximum atomic E-state index is 11.8. The Morgan fingerprint density at radius 1 is 1.38 bits per heavy atom. The quantitative estimate of drug-likeness (QED) is 0.618. The molecule has 1 aromatic rings. The number of phenols is 1. The van der Waals surface area contributed by atoms with Gasteiger partial charge in [-0.2, -0.15) is 13.2 Å². The van der Waals surface area contributed by atoms with Crippen molar-refractivity contribution in [2.24, 2.45) is 0 Å². The van der Waals surface area contributed by atoms with Crippen LogP contribution >= 0.6 is 11.6 Å². The van der Waals surface area contributed by atoms with Crippen LogP contribution in [0, 0.1) is 0 Å². The van der Waals surface area contributed by atoms with Crippen molar-refractivity contribution in [3.8, 4) is 5.75 Å². The predicted molar refractivity (Wildman–Crippen MR) is 47.8 cm³/mol. The van der Waals surface area contributed by atoms with Crippen LogP contribution in [0.4, 0.5) is 18.9 Å². The fraction of sp³-hybridized carbons (Fsp3) is 0.125. The predicted octanol–water partition coefficient (Wildman–Crippen LogP) is 2.54. The summed E-state index contributed by atoms with van der Waals surface area (Å²) in [5, 5.41) is 10.3. The normalized spacial score (nSPS) is 10.5. The van der Waals surface area contributed by atoms with Gasteiger partial charge in [0, 0.05) is 23.1 Å². The van der Waals surface area contributed by atoms with Crippen LogP contribution in [0.2, 0.25) is 5.02 Å². The van der Waals surface area contributed by atoms with E-state index in [0.717, 1.165) is 18.2 Å². The van der Waals surface area contributed by atoms with Gasteiger partial charge in [-0.1, -0.05) is 11.6 Å². The monoisotopic (exact) mass is 295 g/mol. The maximum absolute atomic E-state index is 11.8. The molecule has 0 atom stereocenters. The molecule has 0 radical (unpaired) electrons. The molecule has 3 nitrogen and oxygen atoms in total. The van der Waals surface area contributed by atoms with E-state index in [0.29, 0.717) is 0 Å². The number of benzene rings is 1. The Kier molecular flexibility index (Phi) is 5.12. The largest absolute Gasteiger partial charge is 0.508 e. The van der Waals surface area contributed by atoms with Crippen LogP contribution in [0.1, 0.15) is 0 Å². The van der Waals surface area contributed by atoms with Crippen LogP contribution in [0.5, 0.6) is 5.75 Å². The first kappa shape index (κ1) is 15.1. The molecule has 2 N–H and O–H groups in total. The van der Waals surface area contributed by atoms with Gasteiger partial charge in [0.05, 0.1) is 10.7 Å². The van der Waals surface area contributed by atoms with Crippen LogP contribution < -0.4 is 5.32 Å². The summed E-state index contributed by atoms with van der Waals surface area (Å²) in [5.74, 6) is -2.32. The number of aromatic hydroxyl groups is 1. The first-order chi connectivity index (χ1) is 6.80. The van der Waals surface area contributed by atoms with Gasteiger partial charge in [0.1, 0.15) is 5.75 Å². The van der Waals surface area contributed by atoms with E-state index in [1.54, 1.807) is 5.32 Å². The van der Waals surface area contributed by atoms with Gasteiger partial charge in [0.2, 0.25) is 0 Å². The van der Waals surface area contributed by atoms with E-state index in [-0.39, 0.29) is 33.5 Å². The van der Waals surface area contributed by atoms with Gasteiger partial charge in [-0.15, -0.1) is 0 Å². The van der Waals surface area contributed by atoms with Gasteiger partial charge in [-0.05, 0) is 12.1 Å². The van der Waals surface area contributed by atoms with E-state index < -0.39 is 12.1 Å². The standard InChI is InChI=1S/C8H5ClF3NO2.Fe/c9-5-3-4(14)1-2-6(5)13-7(15)8(10,11)12;/h1-3,14H,(H,13,15);. The van der Waals surface area contributed by atoms with Gasteiger partial charge in [-0.25, -0.2) is 0 Å². The second-order valence-corrected chi connectivity index (χ2v) is 3.02. The molecule has 1 amide bonds. The molecule has 0 bridgehead atoms. The molecule has 0 fully saturated rings. The number of anilines is 1. The van der Waals surface area contributed by atoms with Crippen molar-refractivity contribution in [1.29, 1.82) is 0 Å². The summed E-state index contributed by atoms with van der Waals surface area (Å²) >= 11 is 5.48. The minimum absolute atomic E-state index is 0. The summed E-state index contributed by atoms with van der Waals surface area (Å²) in [6.45, 7) is 0. The van der Waals surface area contributed by atoms with Crippen molar-refractivity contribution in [2.75, 3.05) is 5.32 Å². The van der Waals surface area contributed by atoms with Gasteiger partial charge < -0.3 is 10.4 Å². The molecule has 0 aliphatic rings. The maximum Gasteiger partial charge on any atom is 0.471 e. The molecule has 0 spiro atoms. The SMILES string of the molecule is O=C(Nc1ccc(O)cc1Cl)C(F)(F)F.[Fe]. The number of nitrogens with one attached hydrogen (secondary N) is 1. The van der Waals surface area contributed by atoms with Gasteiger partial charge in [0.15, 0.2) is 0 Å². The number of hydrogen-bond donors (Lipinski definition) is 2. The second kappa shape index (κ2) is 5.43. The third-order valence-electron chi connectivity index (χ3n) is 1.46. The average molecular weight is 295 g/mol. The van der Waals surface area contributed by atoms with Gasteiger partial charge >= 0.3 is 12.1 Å². The number of rotatable bonds is 1. The zero-order valence-electron chi connectivity index (χ0n) is 7.45. The topological polar surface area (TPSA) is 49.3 Å². The van der Waals surface area contributed by atoms with Crippen LogP contribution in [0.15, 0.2) is 18.2 Å². The molecular weight excluding hydrogens is 290 g/mol. The van der Waals surface area contributed by atoms with Crippen molar-refractivity contribution in [2.45, 2.75) is 6.18 Å². The molecule has 1 aromatic carbocycles. The Labute approximate surface area is 104 Å². The zero-order valence-corrected chi connectivity index (χ0v) is 9.31. The number of hydrogen-bond acceptors (Lipinski definition) is 2. The second-order valence-electron chi connectivity index (χ2n) is 2.62. The molecule has 0 aliphatic carbocycles. The molecule has 8 heteroatoms. The molecule has 1 rings (SSSR count). The van der Waals surface area contributed by atoms with E-state index in [9.17, 15) is 18.0 Å². The number of carbonyl (C=O) groups is 1. The summed E-state index contributed by atoms with van der Waals surface area (Å²) in [6.07, 6.45) is -4.97. The number of carbonyl (C=O) groups excluding carboxylic acids is 1. The third kappa shape index (κ3) is 3.92. The molecule has 0 heterocycles. The van der Waals surface area contributed by atoms with Crippen LogP contribution in [-0.2, 0) is 21.9 Å². The Hall–Kier alpha value is -0.911. The Balaban J connectivity index is 0.00000225. The van der Waals surface area contributed by atoms with Crippen LogP contribution in [0.25, 0.3) is 0 Å². The summed E-state index contributed by atoms with van der Waals surface area (Å²) in [6, 6.07) is 3.20. The van der Waals surface area contributed by atoms with Crippen molar-refractivity contribution < 1.29 is 40.1 Å². The number of halogens is 4. The fourth-order valence-electron chi connectivity index (χ4n) is 0.799. The Bertz CT molecular complexity index is 397. The average Bonchev–Trinajstić information content (AvgIpc) is 2.08. The minimum Gasteiger partial charge on any atom is -0.508 e. The molecule has 0 saturated heterocycles. The summed E-state index contributed by atoms with van der Waals surface area (Å²) in [4.78, 5) is 10.5. The Morgan fingerprint density at radius 2 is 1.94 bits per heavy atom. The third-order valence-corrected chi connectivity index (χ3v) is 1.77. The number of amides is 1. The van der Waals surface area contributed by atoms with Crippen LogP contribution in [0.3, 0.4) is 0 Å². The van der Waals surface area contributed by atoms with Crippen molar-refractivity contribution >= 4 is 23.2 Å². The molecule has 0 aliphatic heterocycles. The van der Waals surface area contributed by atoms with Crippen LogP contribution in [-0.4, -0.2) is 17.2 Å². The Morgan fingerprint density at radius 3 is 2.38 bits per heavy atom. The van der Waals surface area contributed by atoms with Crippen molar-refractivity contribution in [1.82, 2.24) is 0 Å². The van der Waals surface area contributed by atoms with E-state index >= 15 is 0 Å². The zero-order chi connectivity index (χ0) is 11.6. The molecule has 0 aromatic heterocycles. The number of phenolic OH excluding ortho intramolecular Hbond substituents is 1. The van der Waals surface area contributed by atoms with E-state index in [4.69, 9.17) is 16.7 Å². The minimum atomic E-state index is -4.97. The molecule has 90 valence electrons.